The lowest BCUT2D eigenvalue weighted by atomic mass is 9.86. The molecule has 134 valence electrons. The smallest absolute Gasteiger partial charge is 0.242 e. The topological polar surface area (TPSA) is 84.7 Å². The van der Waals surface area contributed by atoms with E-state index >= 15 is 0 Å². The summed E-state index contributed by atoms with van der Waals surface area (Å²) in [6.07, 6.45) is 6.65. The van der Waals surface area contributed by atoms with Crippen molar-refractivity contribution in [3.63, 3.8) is 0 Å². The summed E-state index contributed by atoms with van der Waals surface area (Å²) in [6, 6.07) is 0.280. The van der Waals surface area contributed by atoms with Crippen molar-refractivity contribution in [3.05, 3.63) is 0 Å². The fraction of sp³-hybridized carbons (Fsp3) is 0.875. The van der Waals surface area contributed by atoms with Crippen molar-refractivity contribution in [1.82, 2.24) is 10.2 Å². The second kappa shape index (κ2) is 10.1. The molecule has 0 aromatic heterocycles. The molecule has 0 aromatic rings. The fourth-order valence-electron chi connectivity index (χ4n) is 3.36. The van der Waals surface area contributed by atoms with E-state index in [-0.39, 0.29) is 49.5 Å². The molecule has 2 aliphatic rings. The Balaban J connectivity index is 0.00000264. The van der Waals surface area contributed by atoms with E-state index in [1.807, 2.05) is 4.90 Å². The van der Waals surface area contributed by atoms with Gasteiger partial charge in [0.05, 0.1) is 19.2 Å². The average Bonchev–Trinajstić information content (AvgIpc) is 3.04. The minimum Gasteiger partial charge on any atom is -0.376 e. The second-order valence-corrected chi connectivity index (χ2v) is 6.58. The number of nitrogens with one attached hydrogen (secondary N) is 1. The van der Waals surface area contributed by atoms with Crippen LogP contribution in [0.1, 0.15) is 45.4 Å². The summed E-state index contributed by atoms with van der Waals surface area (Å²) in [5.41, 5.74) is 5.27. The number of carbonyl (C=O) groups excluding carboxylic acids is 2. The summed E-state index contributed by atoms with van der Waals surface area (Å²) in [7, 11) is 0. The van der Waals surface area contributed by atoms with E-state index in [0.29, 0.717) is 6.54 Å². The molecule has 0 spiro atoms. The van der Waals surface area contributed by atoms with Gasteiger partial charge in [0.1, 0.15) is 0 Å². The molecule has 1 aliphatic carbocycles. The molecule has 1 unspecified atom stereocenters. The highest BCUT2D eigenvalue weighted by molar-refractivity contribution is 5.86. The predicted octanol–water partition coefficient (Wildman–Crippen LogP) is 1.07. The van der Waals surface area contributed by atoms with Gasteiger partial charge >= 0.3 is 0 Å². The highest BCUT2D eigenvalue weighted by atomic mass is 35.5. The molecule has 7 heteroatoms. The van der Waals surface area contributed by atoms with Crippen LogP contribution in [0, 0.1) is 5.92 Å². The molecule has 2 fully saturated rings. The van der Waals surface area contributed by atoms with Crippen LogP contribution in [0.2, 0.25) is 0 Å². The van der Waals surface area contributed by atoms with Crippen molar-refractivity contribution >= 4 is 24.2 Å². The highest BCUT2D eigenvalue weighted by Gasteiger charge is 2.30. The molecule has 23 heavy (non-hydrogen) atoms. The van der Waals surface area contributed by atoms with Gasteiger partial charge in [-0.25, -0.2) is 0 Å². The molecule has 1 atom stereocenters. The van der Waals surface area contributed by atoms with Gasteiger partial charge in [0.25, 0.3) is 0 Å². The number of ether oxygens (including phenoxy) is 1. The number of amides is 2. The number of rotatable bonds is 6. The van der Waals surface area contributed by atoms with Gasteiger partial charge in [0, 0.05) is 19.2 Å². The van der Waals surface area contributed by atoms with Crippen LogP contribution in [0.5, 0.6) is 0 Å². The average molecular weight is 348 g/mol. The molecule has 2 amide bonds. The van der Waals surface area contributed by atoms with Gasteiger partial charge in [-0.3, -0.25) is 9.59 Å². The number of nitrogens with two attached hydrogens (primary N) is 1. The van der Waals surface area contributed by atoms with Crippen LogP contribution in [0.25, 0.3) is 0 Å². The van der Waals surface area contributed by atoms with E-state index in [4.69, 9.17) is 10.5 Å². The third-order valence-corrected chi connectivity index (χ3v) is 4.79. The molecule has 1 saturated carbocycles. The second-order valence-electron chi connectivity index (χ2n) is 6.58. The van der Waals surface area contributed by atoms with Gasteiger partial charge in [0.2, 0.25) is 11.8 Å². The van der Waals surface area contributed by atoms with Crippen molar-refractivity contribution in [1.29, 1.82) is 0 Å². The first-order chi connectivity index (χ1) is 10.6. The van der Waals surface area contributed by atoms with E-state index in [0.717, 1.165) is 51.0 Å². The summed E-state index contributed by atoms with van der Waals surface area (Å²) >= 11 is 0. The summed E-state index contributed by atoms with van der Waals surface area (Å²) in [6.45, 7) is 3.66. The van der Waals surface area contributed by atoms with Gasteiger partial charge in [-0.1, -0.05) is 6.92 Å². The fourth-order valence-corrected chi connectivity index (χ4v) is 3.36. The number of nitrogens with zero attached hydrogens (tertiary/aromatic N) is 1. The van der Waals surface area contributed by atoms with Crippen molar-refractivity contribution in [3.8, 4) is 0 Å². The van der Waals surface area contributed by atoms with Gasteiger partial charge in [-0.05, 0) is 44.4 Å². The largest absolute Gasteiger partial charge is 0.376 e. The van der Waals surface area contributed by atoms with Gasteiger partial charge in [-0.15, -0.1) is 12.4 Å². The van der Waals surface area contributed by atoms with E-state index in [1.165, 1.54) is 0 Å². The third kappa shape index (κ3) is 6.28. The third-order valence-electron chi connectivity index (χ3n) is 4.79. The molecule has 0 aromatic carbocycles. The van der Waals surface area contributed by atoms with Crippen LogP contribution in [-0.4, -0.2) is 55.1 Å². The van der Waals surface area contributed by atoms with Crippen LogP contribution in [-0.2, 0) is 14.3 Å². The molecule has 0 bridgehead atoms. The number of hydrogen-bond acceptors (Lipinski definition) is 4. The maximum absolute atomic E-state index is 12.5. The maximum atomic E-state index is 12.5. The first-order valence-corrected chi connectivity index (χ1v) is 8.48. The Morgan fingerprint density at radius 2 is 1.91 bits per heavy atom. The normalized spacial score (nSPS) is 27.1. The summed E-state index contributed by atoms with van der Waals surface area (Å²) in [5, 5.41) is 2.59. The Kier molecular flexibility index (Phi) is 8.87. The van der Waals surface area contributed by atoms with Crippen LogP contribution >= 0.6 is 12.4 Å². The van der Waals surface area contributed by atoms with Crippen molar-refractivity contribution in [2.24, 2.45) is 11.7 Å². The molecular formula is C16H30ClN3O3. The van der Waals surface area contributed by atoms with Crippen LogP contribution in [0.3, 0.4) is 0 Å². The molecule has 0 radical (unpaired) electrons. The van der Waals surface area contributed by atoms with E-state index in [1.54, 1.807) is 0 Å². The number of carbonyl (C=O) groups is 2. The van der Waals surface area contributed by atoms with Crippen molar-refractivity contribution in [2.75, 3.05) is 26.2 Å². The van der Waals surface area contributed by atoms with Gasteiger partial charge in [-0.2, -0.15) is 0 Å². The van der Waals surface area contributed by atoms with E-state index < -0.39 is 0 Å². The lowest BCUT2D eigenvalue weighted by molar-refractivity contribution is -0.137. The Hall–Kier alpha value is -0.850. The van der Waals surface area contributed by atoms with Crippen LogP contribution in [0.15, 0.2) is 0 Å². The first kappa shape index (κ1) is 20.2. The first-order valence-electron chi connectivity index (χ1n) is 8.48. The monoisotopic (exact) mass is 347 g/mol. The van der Waals surface area contributed by atoms with Crippen molar-refractivity contribution < 1.29 is 14.3 Å². The number of hydrogen-bond donors (Lipinski definition) is 2. The lowest BCUT2D eigenvalue weighted by Gasteiger charge is -2.37. The van der Waals surface area contributed by atoms with Crippen LogP contribution in [0.4, 0.5) is 0 Å². The summed E-state index contributed by atoms with van der Waals surface area (Å²) in [4.78, 5) is 25.8. The zero-order valence-electron chi connectivity index (χ0n) is 14.0. The molecule has 2 rings (SSSR count). The van der Waals surface area contributed by atoms with Crippen molar-refractivity contribution in [2.45, 2.75) is 57.6 Å². The molecule has 3 N–H and O–H groups in total. The number of halogens is 1. The zero-order chi connectivity index (χ0) is 15.9. The Labute approximate surface area is 144 Å². The minimum atomic E-state index is -0.289. The van der Waals surface area contributed by atoms with E-state index in [2.05, 4.69) is 12.2 Å². The molecule has 1 heterocycles. The quantitative estimate of drug-likeness (QED) is 0.752. The molecule has 1 saturated heterocycles. The van der Waals surface area contributed by atoms with Crippen LogP contribution < -0.4 is 11.1 Å². The summed E-state index contributed by atoms with van der Waals surface area (Å²) < 4.78 is 5.69. The Morgan fingerprint density at radius 1 is 1.22 bits per heavy atom. The van der Waals surface area contributed by atoms with E-state index in [9.17, 15) is 9.59 Å². The SMILES string of the molecule is CC1CCC(N(CC2CCCO2)C(=O)CNC(=O)CN)CC1.Cl. The maximum Gasteiger partial charge on any atom is 0.242 e. The molecule has 1 aliphatic heterocycles. The standard InChI is InChI=1S/C16H29N3O3.ClH/c1-12-4-6-13(7-5-12)19(11-14-3-2-8-22-14)16(21)10-18-15(20)9-17;/h12-14H,2-11,17H2,1H3,(H,18,20);1H. The molecular weight excluding hydrogens is 318 g/mol. The zero-order valence-corrected chi connectivity index (χ0v) is 14.8. The highest BCUT2D eigenvalue weighted by Crippen LogP contribution is 2.28. The Morgan fingerprint density at radius 3 is 2.48 bits per heavy atom. The molecule has 6 nitrogen and oxygen atoms in total. The van der Waals surface area contributed by atoms with Gasteiger partial charge < -0.3 is 20.7 Å². The minimum absolute atomic E-state index is 0. The summed E-state index contributed by atoms with van der Waals surface area (Å²) in [5.74, 6) is 0.437. The predicted molar refractivity (Wildman–Crippen MR) is 91.4 cm³/mol. The van der Waals surface area contributed by atoms with Gasteiger partial charge in [0.15, 0.2) is 0 Å². The lowest BCUT2D eigenvalue weighted by Crippen LogP contribution is -2.50. The Bertz CT molecular complexity index is 381.